The van der Waals surface area contributed by atoms with Crippen molar-refractivity contribution in [1.29, 1.82) is 0 Å². The molecule has 0 bridgehead atoms. The Labute approximate surface area is 127 Å². The summed E-state index contributed by atoms with van der Waals surface area (Å²) in [6.07, 6.45) is -0.330. The van der Waals surface area contributed by atoms with Crippen molar-refractivity contribution in [3.63, 3.8) is 0 Å². The van der Waals surface area contributed by atoms with E-state index in [2.05, 4.69) is 5.32 Å². The van der Waals surface area contributed by atoms with Crippen LogP contribution >= 0.6 is 23.2 Å². The largest absolute Gasteiger partial charge is 0.350 e. The number of halogens is 2. The molecule has 2 aromatic rings. The Bertz CT molecular complexity index is 687. The maximum absolute atomic E-state index is 12.2. The Hall–Kier alpha value is -1.71. The maximum Gasteiger partial charge on any atom is 0.255 e. The van der Waals surface area contributed by atoms with Gasteiger partial charge in [-0.05, 0) is 18.2 Å². The lowest BCUT2D eigenvalue weighted by Crippen LogP contribution is -2.44. The number of hydrogen-bond donors (Lipinski definition) is 1. The molecular formula is C15H12Cl2N2O. The number of nitrogens with one attached hydrogen (secondary N) is 1. The summed E-state index contributed by atoms with van der Waals surface area (Å²) in [7, 11) is 1.92. The Morgan fingerprint density at radius 3 is 2.65 bits per heavy atom. The van der Waals surface area contributed by atoms with E-state index in [0.29, 0.717) is 15.6 Å². The molecule has 0 aliphatic carbocycles. The van der Waals surface area contributed by atoms with E-state index in [1.165, 1.54) is 0 Å². The first-order valence-electron chi connectivity index (χ1n) is 6.16. The highest BCUT2D eigenvalue weighted by Gasteiger charge is 2.30. The van der Waals surface area contributed by atoms with Crippen LogP contribution in [0.4, 0.5) is 5.69 Å². The fraction of sp³-hybridized carbons (Fsp3) is 0.133. The fourth-order valence-corrected chi connectivity index (χ4v) is 2.84. The number of para-hydroxylation sites is 1. The molecule has 102 valence electrons. The quantitative estimate of drug-likeness (QED) is 0.867. The van der Waals surface area contributed by atoms with Crippen LogP contribution in [-0.2, 0) is 0 Å². The van der Waals surface area contributed by atoms with E-state index in [9.17, 15) is 4.79 Å². The standard InChI is InChI=1S/C15H12Cl2N2O/c1-19-12-8-3-2-5-9(12)15(20)18-14(19)10-6-4-7-11(16)13(10)17/h2-8,14H,1H3,(H,18,20). The zero-order chi connectivity index (χ0) is 14.3. The van der Waals surface area contributed by atoms with Gasteiger partial charge in [-0.3, -0.25) is 4.79 Å². The second-order valence-corrected chi connectivity index (χ2v) is 5.43. The molecule has 0 fully saturated rings. The van der Waals surface area contributed by atoms with Gasteiger partial charge >= 0.3 is 0 Å². The van der Waals surface area contributed by atoms with Crippen LogP contribution in [0.3, 0.4) is 0 Å². The van der Waals surface area contributed by atoms with Crippen LogP contribution in [0.5, 0.6) is 0 Å². The van der Waals surface area contributed by atoms with Crippen molar-refractivity contribution in [2.75, 3.05) is 11.9 Å². The van der Waals surface area contributed by atoms with Crippen LogP contribution in [0.2, 0.25) is 10.0 Å². The smallest absolute Gasteiger partial charge is 0.255 e. The second kappa shape index (κ2) is 5.00. The summed E-state index contributed by atoms with van der Waals surface area (Å²) in [6.45, 7) is 0. The first kappa shape index (κ1) is 13.3. The molecule has 3 rings (SSSR count). The third-order valence-electron chi connectivity index (χ3n) is 3.46. The minimum atomic E-state index is -0.330. The van der Waals surface area contributed by atoms with E-state index >= 15 is 0 Å². The molecule has 20 heavy (non-hydrogen) atoms. The molecule has 0 spiro atoms. The molecule has 1 atom stereocenters. The number of carbonyl (C=O) groups excluding carboxylic acids is 1. The predicted molar refractivity (Wildman–Crippen MR) is 81.5 cm³/mol. The minimum absolute atomic E-state index is 0.111. The van der Waals surface area contributed by atoms with Crippen molar-refractivity contribution in [1.82, 2.24) is 5.32 Å². The van der Waals surface area contributed by atoms with E-state index in [1.807, 2.05) is 42.3 Å². The summed E-state index contributed by atoms with van der Waals surface area (Å²) < 4.78 is 0. The zero-order valence-corrected chi connectivity index (χ0v) is 12.2. The molecule has 1 unspecified atom stereocenters. The van der Waals surface area contributed by atoms with Crippen molar-refractivity contribution in [3.05, 3.63) is 63.6 Å². The highest BCUT2D eigenvalue weighted by Crippen LogP contribution is 2.36. The molecule has 1 N–H and O–H groups in total. The lowest BCUT2D eigenvalue weighted by atomic mass is 10.0. The predicted octanol–water partition coefficient (Wildman–Crippen LogP) is 3.87. The lowest BCUT2D eigenvalue weighted by Gasteiger charge is -2.36. The SMILES string of the molecule is CN1c2ccccc2C(=O)NC1c1cccc(Cl)c1Cl. The van der Waals surface area contributed by atoms with Crippen LogP contribution in [0, 0.1) is 0 Å². The van der Waals surface area contributed by atoms with Crippen molar-refractivity contribution in [3.8, 4) is 0 Å². The number of anilines is 1. The topological polar surface area (TPSA) is 32.3 Å². The van der Waals surface area contributed by atoms with Crippen molar-refractivity contribution in [2.24, 2.45) is 0 Å². The van der Waals surface area contributed by atoms with Crippen molar-refractivity contribution < 1.29 is 4.79 Å². The van der Waals surface area contributed by atoms with Gasteiger partial charge in [0.05, 0.1) is 21.3 Å². The number of nitrogens with zero attached hydrogens (tertiary/aromatic N) is 1. The van der Waals surface area contributed by atoms with E-state index in [0.717, 1.165) is 11.3 Å². The van der Waals surface area contributed by atoms with E-state index in [1.54, 1.807) is 12.1 Å². The zero-order valence-electron chi connectivity index (χ0n) is 10.7. The van der Waals surface area contributed by atoms with Crippen LogP contribution in [0.25, 0.3) is 0 Å². The second-order valence-electron chi connectivity index (χ2n) is 4.65. The molecule has 3 nitrogen and oxygen atoms in total. The molecule has 0 aromatic heterocycles. The first-order chi connectivity index (χ1) is 9.59. The molecular weight excluding hydrogens is 295 g/mol. The molecule has 0 saturated carbocycles. The van der Waals surface area contributed by atoms with Gasteiger partial charge in [0.1, 0.15) is 6.17 Å². The molecule has 1 heterocycles. The van der Waals surface area contributed by atoms with Crippen LogP contribution in [0.15, 0.2) is 42.5 Å². The fourth-order valence-electron chi connectivity index (χ4n) is 2.43. The number of rotatable bonds is 1. The van der Waals surface area contributed by atoms with Crippen LogP contribution in [-0.4, -0.2) is 13.0 Å². The van der Waals surface area contributed by atoms with Crippen LogP contribution in [0.1, 0.15) is 22.1 Å². The summed E-state index contributed by atoms with van der Waals surface area (Å²) in [5.41, 5.74) is 2.31. The van der Waals surface area contributed by atoms with Gasteiger partial charge in [0, 0.05) is 12.6 Å². The average molecular weight is 307 g/mol. The van der Waals surface area contributed by atoms with E-state index in [-0.39, 0.29) is 12.1 Å². The van der Waals surface area contributed by atoms with Gasteiger partial charge in [0.15, 0.2) is 0 Å². The highest BCUT2D eigenvalue weighted by molar-refractivity contribution is 6.42. The van der Waals surface area contributed by atoms with Gasteiger partial charge in [-0.1, -0.05) is 47.5 Å². The number of amides is 1. The van der Waals surface area contributed by atoms with Gasteiger partial charge in [-0.2, -0.15) is 0 Å². The summed E-state index contributed by atoms with van der Waals surface area (Å²) in [5.74, 6) is -0.111. The molecule has 1 aliphatic heterocycles. The lowest BCUT2D eigenvalue weighted by molar-refractivity contribution is 0.0928. The Balaban J connectivity index is 2.09. The van der Waals surface area contributed by atoms with Gasteiger partial charge in [-0.15, -0.1) is 0 Å². The first-order valence-corrected chi connectivity index (χ1v) is 6.92. The van der Waals surface area contributed by atoms with E-state index in [4.69, 9.17) is 23.2 Å². The summed E-state index contributed by atoms with van der Waals surface area (Å²) in [4.78, 5) is 14.2. The number of carbonyl (C=O) groups is 1. The third kappa shape index (κ3) is 2.03. The Morgan fingerprint density at radius 1 is 1.10 bits per heavy atom. The Kier molecular flexibility index (Phi) is 3.32. The molecule has 0 radical (unpaired) electrons. The molecule has 5 heteroatoms. The molecule has 2 aromatic carbocycles. The summed E-state index contributed by atoms with van der Waals surface area (Å²) in [6, 6.07) is 12.9. The van der Waals surface area contributed by atoms with Gasteiger partial charge < -0.3 is 10.2 Å². The monoisotopic (exact) mass is 306 g/mol. The van der Waals surface area contributed by atoms with Crippen LogP contribution < -0.4 is 10.2 Å². The van der Waals surface area contributed by atoms with Crippen molar-refractivity contribution >= 4 is 34.8 Å². The number of hydrogen-bond acceptors (Lipinski definition) is 2. The van der Waals surface area contributed by atoms with Gasteiger partial charge in [-0.25, -0.2) is 0 Å². The molecule has 0 saturated heterocycles. The average Bonchev–Trinajstić information content (AvgIpc) is 2.46. The van der Waals surface area contributed by atoms with E-state index < -0.39 is 0 Å². The Morgan fingerprint density at radius 2 is 1.85 bits per heavy atom. The number of fused-ring (bicyclic) bond motifs is 1. The summed E-state index contributed by atoms with van der Waals surface area (Å²) in [5, 5.41) is 3.89. The maximum atomic E-state index is 12.2. The molecule has 1 amide bonds. The van der Waals surface area contributed by atoms with Gasteiger partial charge in [0.2, 0.25) is 0 Å². The third-order valence-corrected chi connectivity index (χ3v) is 4.29. The number of benzene rings is 2. The van der Waals surface area contributed by atoms with Crippen molar-refractivity contribution in [2.45, 2.75) is 6.17 Å². The normalized spacial score (nSPS) is 17.6. The van der Waals surface area contributed by atoms with Gasteiger partial charge in [0.25, 0.3) is 5.91 Å². The minimum Gasteiger partial charge on any atom is -0.350 e. The molecule has 1 aliphatic rings. The summed E-state index contributed by atoms with van der Waals surface area (Å²) >= 11 is 12.3. The highest BCUT2D eigenvalue weighted by atomic mass is 35.5.